The van der Waals surface area contributed by atoms with E-state index < -0.39 is 17.9 Å². The summed E-state index contributed by atoms with van der Waals surface area (Å²) in [7, 11) is 0. The maximum atomic E-state index is 13.5. The SMILES string of the molecule is Cc1cc(Cl)cc(C)c1OC(C)C(=O)NNC(=O)CCc1ccccc1F. The summed E-state index contributed by atoms with van der Waals surface area (Å²) in [6, 6.07) is 9.75. The molecule has 0 saturated carbocycles. The zero-order valence-electron chi connectivity index (χ0n) is 15.4. The second-order valence-electron chi connectivity index (χ2n) is 6.26. The van der Waals surface area contributed by atoms with Crippen LogP contribution in [0.2, 0.25) is 5.02 Å². The van der Waals surface area contributed by atoms with E-state index >= 15 is 0 Å². The molecule has 7 heteroatoms. The minimum absolute atomic E-state index is 0.0475. The van der Waals surface area contributed by atoms with E-state index in [-0.39, 0.29) is 18.7 Å². The fourth-order valence-corrected chi connectivity index (χ4v) is 2.89. The first-order valence-electron chi connectivity index (χ1n) is 8.53. The van der Waals surface area contributed by atoms with Gasteiger partial charge < -0.3 is 4.74 Å². The second kappa shape index (κ2) is 9.37. The monoisotopic (exact) mass is 392 g/mol. The Bertz CT molecular complexity index is 819. The van der Waals surface area contributed by atoms with Crippen LogP contribution >= 0.6 is 11.6 Å². The highest BCUT2D eigenvalue weighted by atomic mass is 35.5. The second-order valence-corrected chi connectivity index (χ2v) is 6.69. The number of carbonyl (C=O) groups excluding carboxylic acids is 2. The summed E-state index contributed by atoms with van der Waals surface area (Å²) in [5.41, 5.74) is 6.71. The summed E-state index contributed by atoms with van der Waals surface area (Å²) >= 11 is 5.98. The lowest BCUT2D eigenvalue weighted by Crippen LogP contribution is -2.47. The predicted molar refractivity (Wildman–Crippen MR) is 102 cm³/mol. The average Bonchev–Trinajstić information content (AvgIpc) is 2.61. The van der Waals surface area contributed by atoms with Crippen LogP contribution in [0.4, 0.5) is 4.39 Å². The summed E-state index contributed by atoms with van der Waals surface area (Å²) in [6.45, 7) is 5.25. The van der Waals surface area contributed by atoms with Gasteiger partial charge in [-0.3, -0.25) is 20.4 Å². The third-order valence-electron chi connectivity index (χ3n) is 3.99. The summed E-state index contributed by atoms with van der Waals surface area (Å²) in [4.78, 5) is 24.0. The van der Waals surface area contributed by atoms with Crippen LogP contribution in [-0.2, 0) is 16.0 Å². The van der Waals surface area contributed by atoms with Crippen molar-refractivity contribution in [2.75, 3.05) is 0 Å². The molecule has 5 nitrogen and oxygen atoms in total. The highest BCUT2D eigenvalue weighted by Gasteiger charge is 2.18. The zero-order valence-corrected chi connectivity index (χ0v) is 16.2. The van der Waals surface area contributed by atoms with E-state index in [2.05, 4.69) is 10.9 Å². The molecule has 2 rings (SSSR count). The Labute approximate surface area is 162 Å². The van der Waals surface area contributed by atoms with E-state index in [4.69, 9.17) is 16.3 Å². The topological polar surface area (TPSA) is 67.4 Å². The molecule has 2 amide bonds. The number of benzene rings is 2. The lowest BCUT2D eigenvalue weighted by Gasteiger charge is -2.18. The summed E-state index contributed by atoms with van der Waals surface area (Å²) < 4.78 is 19.2. The van der Waals surface area contributed by atoms with Gasteiger partial charge in [0.05, 0.1) is 0 Å². The standard InChI is InChI=1S/C20H22ClFN2O3/c1-12-10-16(21)11-13(2)19(12)27-14(3)20(26)24-23-18(25)9-8-15-6-4-5-7-17(15)22/h4-7,10-11,14H,8-9H2,1-3H3,(H,23,25)(H,24,26). The Morgan fingerprint density at radius 2 is 1.78 bits per heavy atom. The molecule has 0 aliphatic heterocycles. The van der Waals surface area contributed by atoms with Crippen LogP contribution in [0, 0.1) is 19.7 Å². The van der Waals surface area contributed by atoms with Crippen LogP contribution in [0.25, 0.3) is 0 Å². The lowest BCUT2D eigenvalue weighted by atomic mass is 10.1. The lowest BCUT2D eigenvalue weighted by molar-refractivity contribution is -0.132. The number of nitrogens with one attached hydrogen (secondary N) is 2. The molecular weight excluding hydrogens is 371 g/mol. The smallest absolute Gasteiger partial charge is 0.279 e. The Kier molecular flexibility index (Phi) is 7.19. The Morgan fingerprint density at radius 1 is 1.15 bits per heavy atom. The number of rotatable bonds is 6. The number of halogens is 2. The van der Waals surface area contributed by atoms with Gasteiger partial charge in [0.15, 0.2) is 6.10 Å². The van der Waals surface area contributed by atoms with Crippen LogP contribution in [0.15, 0.2) is 36.4 Å². The van der Waals surface area contributed by atoms with Gasteiger partial charge in [0.2, 0.25) is 5.91 Å². The quantitative estimate of drug-likeness (QED) is 0.737. The van der Waals surface area contributed by atoms with Crippen molar-refractivity contribution in [3.63, 3.8) is 0 Å². The van der Waals surface area contributed by atoms with Crippen LogP contribution in [0.3, 0.4) is 0 Å². The summed E-state index contributed by atoms with van der Waals surface area (Å²) in [5, 5.41) is 0.594. The highest BCUT2D eigenvalue weighted by molar-refractivity contribution is 6.30. The summed E-state index contributed by atoms with van der Waals surface area (Å²) in [5.74, 6) is -0.696. The van der Waals surface area contributed by atoms with Crippen molar-refractivity contribution in [3.05, 3.63) is 63.9 Å². The van der Waals surface area contributed by atoms with E-state index in [1.807, 2.05) is 13.8 Å². The molecule has 0 aliphatic carbocycles. The normalized spacial score (nSPS) is 11.6. The Morgan fingerprint density at radius 3 is 2.41 bits per heavy atom. The molecule has 2 aromatic carbocycles. The minimum atomic E-state index is -0.824. The van der Waals surface area contributed by atoms with Gasteiger partial charge in [-0.05, 0) is 62.1 Å². The number of hydrogen-bond donors (Lipinski definition) is 2. The van der Waals surface area contributed by atoms with Crippen LogP contribution in [0.5, 0.6) is 5.75 Å². The van der Waals surface area contributed by atoms with Gasteiger partial charge in [-0.15, -0.1) is 0 Å². The van der Waals surface area contributed by atoms with Crippen molar-refractivity contribution in [3.8, 4) is 5.75 Å². The number of amides is 2. The van der Waals surface area contributed by atoms with E-state index in [9.17, 15) is 14.0 Å². The van der Waals surface area contributed by atoms with Gasteiger partial charge >= 0.3 is 0 Å². The van der Waals surface area contributed by atoms with Crippen molar-refractivity contribution in [1.29, 1.82) is 0 Å². The molecule has 0 aliphatic rings. The molecule has 0 fully saturated rings. The maximum Gasteiger partial charge on any atom is 0.279 e. The fraction of sp³-hybridized carbons (Fsp3) is 0.300. The molecule has 0 radical (unpaired) electrons. The van der Waals surface area contributed by atoms with Crippen molar-refractivity contribution < 1.29 is 18.7 Å². The minimum Gasteiger partial charge on any atom is -0.480 e. The molecule has 0 aromatic heterocycles. The number of hydrogen-bond acceptors (Lipinski definition) is 3. The molecule has 2 N–H and O–H groups in total. The molecule has 0 saturated heterocycles. The highest BCUT2D eigenvalue weighted by Crippen LogP contribution is 2.27. The molecular formula is C20H22ClFN2O3. The number of carbonyl (C=O) groups is 2. The number of ether oxygens (including phenoxy) is 1. The predicted octanol–water partition coefficient (Wildman–Crippen LogP) is 3.64. The number of hydrazine groups is 1. The van der Waals surface area contributed by atoms with Gasteiger partial charge in [-0.2, -0.15) is 0 Å². The zero-order chi connectivity index (χ0) is 20.0. The average molecular weight is 393 g/mol. The molecule has 0 heterocycles. The van der Waals surface area contributed by atoms with Crippen LogP contribution in [0.1, 0.15) is 30.0 Å². The summed E-state index contributed by atoms with van der Waals surface area (Å²) in [6.07, 6.45) is -0.537. The van der Waals surface area contributed by atoms with E-state index in [1.54, 1.807) is 37.3 Å². The van der Waals surface area contributed by atoms with Crippen molar-refractivity contribution in [2.24, 2.45) is 0 Å². The molecule has 27 heavy (non-hydrogen) atoms. The van der Waals surface area contributed by atoms with Crippen LogP contribution in [-0.4, -0.2) is 17.9 Å². The third-order valence-corrected chi connectivity index (χ3v) is 4.21. The van der Waals surface area contributed by atoms with Gasteiger partial charge in [0.1, 0.15) is 11.6 Å². The largest absolute Gasteiger partial charge is 0.480 e. The van der Waals surface area contributed by atoms with Crippen LogP contribution < -0.4 is 15.6 Å². The van der Waals surface area contributed by atoms with Crippen molar-refractivity contribution >= 4 is 23.4 Å². The van der Waals surface area contributed by atoms with Gasteiger partial charge in [0, 0.05) is 11.4 Å². The molecule has 1 atom stereocenters. The molecule has 0 bridgehead atoms. The van der Waals surface area contributed by atoms with E-state index in [0.29, 0.717) is 16.3 Å². The molecule has 144 valence electrons. The molecule has 1 unspecified atom stereocenters. The molecule has 0 spiro atoms. The van der Waals surface area contributed by atoms with E-state index in [1.165, 1.54) is 6.07 Å². The van der Waals surface area contributed by atoms with Gasteiger partial charge in [-0.1, -0.05) is 29.8 Å². The van der Waals surface area contributed by atoms with Crippen molar-refractivity contribution in [2.45, 2.75) is 39.7 Å². The van der Waals surface area contributed by atoms with E-state index in [0.717, 1.165) is 11.1 Å². The Hall–Kier alpha value is -2.60. The maximum absolute atomic E-state index is 13.5. The first-order valence-corrected chi connectivity index (χ1v) is 8.91. The third kappa shape index (κ3) is 5.96. The fourth-order valence-electron chi connectivity index (χ4n) is 2.56. The number of aryl methyl sites for hydroxylation is 3. The van der Waals surface area contributed by atoms with Crippen molar-refractivity contribution in [1.82, 2.24) is 10.9 Å². The first-order chi connectivity index (χ1) is 12.8. The van der Waals surface area contributed by atoms with Gasteiger partial charge in [-0.25, -0.2) is 4.39 Å². The first kappa shape index (κ1) is 20.7. The molecule has 2 aromatic rings. The van der Waals surface area contributed by atoms with Gasteiger partial charge in [0.25, 0.3) is 5.91 Å². The Balaban J connectivity index is 1.82.